The van der Waals surface area contributed by atoms with Crippen LogP contribution in [0.3, 0.4) is 0 Å². The van der Waals surface area contributed by atoms with E-state index in [1.165, 1.54) is 6.07 Å². The molecule has 0 bridgehead atoms. The maximum absolute atomic E-state index is 8.90. The summed E-state index contributed by atoms with van der Waals surface area (Å²) in [6, 6.07) is 7.08. The third-order valence-corrected chi connectivity index (χ3v) is 2.54. The van der Waals surface area contributed by atoms with Crippen molar-refractivity contribution in [1.82, 2.24) is 9.97 Å². The van der Waals surface area contributed by atoms with Crippen molar-refractivity contribution in [3.8, 4) is 17.7 Å². The minimum absolute atomic E-state index is 0.0546. The van der Waals surface area contributed by atoms with Crippen molar-refractivity contribution in [1.29, 1.82) is 5.26 Å². The molecule has 0 aliphatic rings. The summed E-state index contributed by atoms with van der Waals surface area (Å²) in [7, 11) is 0. The van der Waals surface area contributed by atoms with Crippen LogP contribution in [0, 0.1) is 25.2 Å². The Labute approximate surface area is 110 Å². The topological polar surface area (TPSA) is 111 Å². The van der Waals surface area contributed by atoms with Crippen molar-refractivity contribution in [3.05, 3.63) is 34.9 Å². The second-order valence-corrected chi connectivity index (χ2v) is 4.14. The highest BCUT2D eigenvalue weighted by molar-refractivity contribution is 5.49. The fourth-order valence-electron chi connectivity index (χ4n) is 1.79. The van der Waals surface area contributed by atoms with Crippen LogP contribution in [0.5, 0.6) is 11.6 Å². The quantitative estimate of drug-likeness (QED) is 0.848. The largest absolute Gasteiger partial charge is 0.438 e. The summed E-state index contributed by atoms with van der Waals surface area (Å²) in [6.45, 7) is 3.72. The number of ether oxygens (including phenoxy) is 1. The lowest BCUT2D eigenvalue weighted by Gasteiger charge is -2.11. The average Bonchev–Trinajstić information content (AvgIpc) is 2.32. The first kappa shape index (κ1) is 12.6. The molecule has 0 amide bonds. The summed E-state index contributed by atoms with van der Waals surface area (Å²) in [5.41, 5.74) is 13.4. The molecule has 0 saturated heterocycles. The van der Waals surface area contributed by atoms with Crippen LogP contribution < -0.4 is 16.2 Å². The number of benzene rings is 1. The number of aryl methyl sites for hydroxylation is 2. The van der Waals surface area contributed by atoms with Gasteiger partial charge >= 0.3 is 0 Å². The molecule has 1 aromatic heterocycles. The Morgan fingerprint density at radius 3 is 2.26 bits per heavy atom. The molecule has 0 aliphatic heterocycles. The SMILES string of the molecule is Cc1cc(C#N)cc(C)c1Oc1cc(N)nc(N)n1. The van der Waals surface area contributed by atoms with Gasteiger partial charge in [0.15, 0.2) is 0 Å². The number of rotatable bonds is 2. The van der Waals surface area contributed by atoms with Gasteiger partial charge in [0.2, 0.25) is 11.8 Å². The van der Waals surface area contributed by atoms with Crippen LogP contribution >= 0.6 is 0 Å². The Balaban J connectivity index is 2.41. The van der Waals surface area contributed by atoms with E-state index in [1.54, 1.807) is 12.1 Å². The van der Waals surface area contributed by atoms with Gasteiger partial charge in [0.05, 0.1) is 11.6 Å². The first-order valence-corrected chi connectivity index (χ1v) is 5.59. The van der Waals surface area contributed by atoms with Gasteiger partial charge in [-0.05, 0) is 37.1 Å². The highest BCUT2D eigenvalue weighted by Gasteiger charge is 2.09. The Bertz CT molecular complexity index is 632. The number of nitrogen functional groups attached to an aromatic ring is 2. The molecule has 1 heterocycles. The summed E-state index contributed by atoms with van der Waals surface area (Å²) >= 11 is 0. The van der Waals surface area contributed by atoms with Gasteiger partial charge in [-0.1, -0.05) is 0 Å². The fraction of sp³-hybridized carbons (Fsp3) is 0.154. The van der Waals surface area contributed by atoms with Crippen LogP contribution in [0.1, 0.15) is 16.7 Å². The smallest absolute Gasteiger partial charge is 0.226 e. The lowest BCUT2D eigenvalue weighted by atomic mass is 10.1. The molecule has 0 aliphatic carbocycles. The Hall–Kier alpha value is -2.81. The zero-order chi connectivity index (χ0) is 14.0. The monoisotopic (exact) mass is 255 g/mol. The number of hydrogen-bond acceptors (Lipinski definition) is 6. The van der Waals surface area contributed by atoms with E-state index in [-0.39, 0.29) is 17.6 Å². The summed E-state index contributed by atoms with van der Waals surface area (Å²) < 4.78 is 5.68. The van der Waals surface area contributed by atoms with E-state index < -0.39 is 0 Å². The third kappa shape index (κ3) is 2.72. The van der Waals surface area contributed by atoms with Crippen LogP contribution in [0.4, 0.5) is 11.8 Å². The molecule has 96 valence electrons. The molecule has 6 heteroatoms. The van der Waals surface area contributed by atoms with E-state index >= 15 is 0 Å². The van der Waals surface area contributed by atoms with Crippen LogP contribution in [0.15, 0.2) is 18.2 Å². The predicted octanol–water partition coefficient (Wildman–Crippen LogP) is 1.92. The summed E-state index contributed by atoms with van der Waals surface area (Å²) in [5, 5.41) is 8.90. The first-order valence-electron chi connectivity index (χ1n) is 5.59. The Morgan fingerprint density at radius 2 is 1.74 bits per heavy atom. The van der Waals surface area contributed by atoms with Crippen molar-refractivity contribution >= 4 is 11.8 Å². The summed E-state index contributed by atoms with van der Waals surface area (Å²) in [4.78, 5) is 7.72. The van der Waals surface area contributed by atoms with Crippen molar-refractivity contribution in [2.75, 3.05) is 11.5 Å². The Morgan fingerprint density at radius 1 is 1.11 bits per heavy atom. The van der Waals surface area contributed by atoms with Gasteiger partial charge in [-0.3, -0.25) is 0 Å². The molecule has 4 N–H and O–H groups in total. The average molecular weight is 255 g/mol. The number of nitrogens with zero attached hydrogens (tertiary/aromatic N) is 3. The number of nitrogens with two attached hydrogens (primary N) is 2. The summed E-state index contributed by atoms with van der Waals surface area (Å²) in [6.07, 6.45) is 0. The molecule has 0 saturated carbocycles. The molecule has 2 aromatic rings. The number of aromatic nitrogens is 2. The zero-order valence-electron chi connectivity index (χ0n) is 10.6. The van der Waals surface area contributed by atoms with Crippen molar-refractivity contribution in [2.45, 2.75) is 13.8 Å². The van der Waals surface area contributed by atoms with Gasteiger partial charge in [-0.2, -0.15) is 15.2 Å². The minimum atomic E-state index is 0.0546. The van der Waals surface area contributed by atoms with Crippen LogP contribution in [-0.2, 0) is 0 Å². The van der Waals surface area contributed by atoms with E-state index in [1.807, 2.05) is 13.8 Å². The molecular formula is C13H13N5O. The number of nitriles is 1. The third-order valence-electron chi connectivity index (χ3n) is 2.54. The van der Waals surface area contributed by atoms with Crippen LogP contribution in [0.2, 0.25) is 0 Å². The maximum atomic E-state index is 8.90. The van der Waals surface area contributed by atoms with Crippen LogP contribution in [-0.4, -0.2) is 9.97 Å². The lowest BCUT2D eigenvalue weighted by Crippen LogP contribution is -2.02. The second kappa shape index (κ2) is 4.82. The van der Waals surface area contributed by atoms with E-state index in [4.69, 9.17) is 21.5 Å². The van der Waals surface area contributed by atoms with E-state index in [2.05, 4.69) is 16.0 Å². The number of anilines is 2. The second-order valence-electron chi connectivity index (χ2n) is 4.14. The molecule has 1 aromatic carbocycles. The van der Waals surface area contributed by atoms with Gasteiger partial charge < -0.3 is 16.2 Å². The highest BCUT2D eigenvalue weighted by atomic mass is 16.5. The van der Waals surface area contributed by atoms with Crippen molar-refractivity contribution < 1.29 is 4.74 Å². The standard InChI is InChI=1S/C13H13N5O/c1-7-3-9(6-14)4-8(2)12(7)19-11-5-10(15)17-13(16)18-11/h3-5H,1-2H3,(H4,15,16,17,18). The normalized spacial score (nSPS) is 9.95. The van der Waals surface area contributed by atoms with Crippen LogP contribution in [0.25, 0.3) is 0 Å². The first-order chi connectivity index (χ1) is 8.99. The molecule has 0 spiro atoms. The lowest BCUT2D eigenvalue weighted by molar-refractivity contribution is 0.456. The Kier molecular flexibility index (Phi) is 3.21. The molecule has 0 atom stereocenters. The maximum Gasteiger partial charge on any atom is 0.226 e. The van der Waals surface area contributed by atoms with Crippen molar-refractivity contribution in [3.63, 3.8) is 0 Å². The molecule has 0 radical (unpaired) electrons. The molecule has 19 heavy (non-hydrogen) atoms. The van der Waals surface area contributed by atoms with E-state index in [0.717, 1.165) is 11.1 Å². The molecule has 6 nitrogen and oxygen atoms in total. The molecule has 2 rings (SSSR count). The van der Waals surface area contributed by atoms with Gasteiger partial charge in [-0.15, -0.1) is 0 Å². The number of hydrogen-bond donors (Lipinski definition) is 2. The van der Waals surface area contributed by atoms with Gasteiger partial charge in [0.25, 0.3) is 0 Å². The summed E-state index contributed by atoms with van der Waals surface area (Å²) in [5.74, 6) is 1.21. The predicted molar refractivity (Wildman–Crippen MR) is 71.6 cm³/mol. The molecule has 0 unspecified atom stereocenters. The molecule has 0 fully saturated rings. The van der Waals surface area contributed by atoms with Gasteiger partial charge in [0.1, 0.15) is 11.6 Å². The fourth-order valence-corrected chi connectivity index (χ4v) is 1.79. The van der Waals surface area contributed by atoms with E-state index in [0.29, 0.717) is 11.3 Å². The zero-order valence-corrected chi connectivity index (χ0v) is 10.6. The van der Waals surface area contributed by atoms with Crippen molar-refractivity contribution in [2.24, 2.45) is 0 Å². The highest BCUT2D eigenvalue weighted by Crippen LogP contribution is 2.29. The van der Waals surface area contributed by atoms with E-state index in [9.17, 15) is 0 Å². The van der Waals surface area contributed by atoms with Gasteiger partial charge in [0, 0.05) is 6.07 Å². The molecular weight excluding hydrogens is 242 g/mol. The van der Waals surface area contributed by atoms with Gasteiger partial charge in [-0.25, -0.2) is 0 Å². The minimum Gasteiger partial charge on any atom is -0.438 e.